The molecule has 0 saturated heterocycles. The maximum atomic E-state index is 5.51. The Hall–Kier alpha value is -1.27. The molecule has 0 spiro atoms. The summed E-state index contributed by atoms with van der Waals surface area (Å²) in [6, 6.07) is 0. The predicted octanol–water partition coefficient (Wildman–Crippen LogP) is 1.89. The Morgan fingerprint density at radius 2 is 2.11 bits per heavy atom. The van der Waals surface area contributed by atoms with Gasteiger partial charge in [0.25, 0.3) is 0 Å². The molecule has 0 radical (unpaired) electrons. The first kappa shape index (κ1) is 14.1. The summed E-state index contributed by atoms with van der Waals surface area (Å²) in [5, 5.41) is 0. The molecule has 0 bridgehead atoms. The highest BCUT2D eigenvalue weighted by Crippen LogP contribution is 2.12. The van der Waals surface area contributed by atoms with Crippen molar-refractivity contribution in [2.45, 2.75) is 31.4 Å². The van der Waals surface area contributed by atoms with Gasteiger partial charge in [-0.1, -0.05) is 0 Å². The first-order valence-electron chi connectivity index (χ1n) is 6.66. The summed E-state index contributed by atoms with van der Waals surface area (Å²) >= 11 is 1.94. The van der Waals surface area contributed by atoms with Gasteiger partial charge in [0.2, 0.25) is 0 Å². The Labute approximate surface area is 117 Å². The number of hydrogen-bond acceptors (Lipinski definition) is 4. The van der Waals surface area contributed by atoms with E-state index in [2.05, 4.69) is 19.9 Å². The van der Waals surface area contributed by atoms with Gasteiger partial charge >= 0.3 is 0 Å². The van der Waals surface area contributed by atoms with Crippen molar-refractivity contribution in [1.29, 1.82) is 0 Å². The lowest BCUT2D eigenvalue weighted by molar-refractivity contribution is 0.764. The number of rotatable bonds is 9. The predicted molar refractivity (Wildman–Crippen MR) is 79.0 cm³/mol. The van der Waals surface area contributed by atoms with Gasteiger partial charge in [-0.05, 0) is 25.1 Å². The van der Waals surface area contributed by atoms with Crippen LogP contribution in [0.3, 0.4) is 0 Å². The lowest BCUT2D eigenvalue weighted by atomic mass is 10.2. The van der Waals surface area contributed by atoms with Crippen LogP contribution in [0.2, 0.25) is 0 Å². The van der Waals surface area contributed by atoms with Crippen LogP contribution in [0.1, 0.15) is 30.1 Å². The van der Waals surface area contributed by atoms with Gasteiger partial charge < -0.3 is 15.7 Å². The third kappa shape index (κ3) is 5.08. The lowest BCUT2D eigenvalue weighted by Crippen LogP contribution is -2.02. The average molecular weight is 279 g/mol. The van der Waals surface area contributed by atoms with Crippen LogP contribution in [0.15, 0.2) is 18.7 Å². The van der Waals surface area contributed by atoms with Gasteiger partial charge in [0.05, 0.1) is 6.33 Å². The molecule has 2 aromatic heterocycles. The third-order valence-corrected chi connectivity index (χ3v) is 3.95. The van der Waals surface area contributed by atoms with Crippen molar-refractivity contribution in [2.75, 3.05) is 12.3 Å². The highest BCUT2D eigenvalue weighted by Gasteiger charge is 2.00. The molecule has 2 aromatic rings. The molecule has 6 heteroatoms. The monoisotopic (exact) mass is 279 g/mol. The number of aromatic amines is 2. The van der Waals surface area contributed by atoms with Crippen molar-refractivity contribution in [2.24, 2.45) is 5.73 Å². The SMILES string of the molecule is NCCc1cnc(CCCCSCc2cnc[nH]2)[nH]1. The Morgan fingerprint density at radius 3 is 2.89 bits per heavy atom. The molecule has 0 aliphatic carbocycles. The number of hydrogen-bond donors (Lipinski definition) is 3. The standard InChI is InChI=1S/C13H21N5S/c14-5-4-11-8-16-13(18-11)3-1-2-6-19-9-12-7-15-10-17-12/h7-8,10H,1-6,9,14H2,(H,15,17)(H,16,18). The summed E-state index contributed by atoms with van der Waals surface area (Å²) in [5.41, 5.74) is 7.85. The van der Waals surface area contributed by atoms with Crippen LogP contribution in [-0.4, -0.2) is 32.2 Å². The zero-order valence-electron chi connectivity index (χ0n) is 11.1. The molecule has 0 aliphatic heterocycles. The summed E-state index contributed by atoms with van der Waals surface area (Å²) in [6.45, 7) is 0.672. The molecule has 2 rings (SSSR count). The topological polar surface area (TPSA) is 83.4 Å². The molecule has 0 saturated carbocycles. The number of nitrogens with zero attached hydrogens (tertiary/aromatic N) is 2. The van der Waals surface area contributed by atoms with E-state index in [4.69, 9.17) is 5.73 Å². The van der Waals surface area contributed by atoms with Crippen LogP contribution in [0, 0.1) is 0 Å². The van der Waals surface area contributed by atoms with Crippen molar-refractivity contribution >= 4 is 11.8 Å². The Kier molecular flexibility index (Phi) is 5.97. The van der Waals surface area contributed by atoms with Crippen molar-refractivity contribution in [1.82, 2.24) is 19.9 Å². The molecule has 2 heterocycles. The normalized spacial score (nSPS) is 11.0. The third-order valence-electron chi connectivity index (χ3n) is 2.86. The maximum absolute atomic E-state index is 5.51. The number of aryl methyl sites for hydroxylation is 1. The molecule has 0 atom stereocenters. The van der Waals surface area contributed by atoms with Crippen LogP contribution in [0.4, 0.5) is 0 Å². The first-order valence-corrected chi connectivity index (χ1v) is 7.82. The van der Waals surface area contributed by atoms with E-state index in [1.54, 1.807) is 6.33 Å². The van der Waals surface area contributed by atoms with E-state index in [-0.39, 0.29) is 0 Å². The van der Waals surface area contributed by atoms with E-state index in [1.165, 1.54) is 24.3 Å². The minimum Gasteiger partial charge on any atom is -0.348 e. The smallest absolute Gasteiger partial charge is 0.106 e. The van der Waals surface area contributed by atoms with Crippen molar-refractivity contribution in [3.05, 3.63) is 35.9 Å². The van der Waals surface area contributed by atoms with E-state index in [0.29, 0.717) is 6.54 Å². The number of thioether (sulfide) groups is 1. The number of imidazole rings is 2. The Bertz CT molecular complexity index is 451. The summed E-state index contributed by atoms with van der Waals surface area (Å²) in [5.74, 6) is 3.28. The van der Waals surface area contributed by atoms with Crippen LogP contribution in [-0.2, 0) is 18.6 Å². The van der Waals surface area contributed by atoms with Crippen molar-refractivity contribution in [3.63, 3.8) is 0 Å². The fourth-order valence-corrected chi connectivity index (χ4v) is 2.79. The second-order valence-electron chi connectivity index (χ2n) is 4.48. The second kappa shape index (κ2) is 8.01. The van der Waals surface area contributed by atoms with Gasteiger partial charge in [0.1, 0.15) is 5.82 Å². The fraction of sp³-hybridized carbons (Fsp3) is 0.538. The zero-order valence-corrected chi connectivity index (χ0v) is 11.9. The van der Waals surface area contributed by atoms with Crippen LogP contribution < -0.4 is 5.73 Å². The summed E-state index contributed by atoms with van der Waals surface area (Å²) in [4.78, 5) is 14.8. The minimum atomic E-state index is 0.672. The van der Waals surface area contributed by atoms with Crippen molar-refractivity contribution in [3.8, 4) is 0 Å². The quantitative estimate of drug-likeness (QED) is 0.612. The van der Waals surface area contributed by atoms with Crippen LogP contribution in [0.5, 0.6) is 0 Å². The summed E-state index contributed by atoms with van der Waals surface area (Å²) in [6.07, 6.45) is 9.80. The lowest BCUT2D eigenvalue weighted by Gasteiger charge is -2.00. The highest BCUT2D eigenvalue weighted by atomic mass is 32.2. The van der Waals surface area contributed by atoms with E-state index in [9.17, 15) is 0 Å². The largest absolute Gasteiger partial charge is 0.348 e. The molecule has 5 nitrogen and oxygen atoms in total. The fourth-order valence-electron chi connectivity index (χ4n) is 1.86. The van der Waals surface area contributed by atoms with Gasteiger partial charge in [-0.25, -0.2) is 9.97 Å². The van der Waals surface area contributed by atoms with Gasteiger partial charge in [-0.2, -0.15) is 11.8 Å². The highest BCUT2D eigenvalue weighted by molar-refractivity contribution is 7.98. The number of nitrogens with one attached hydrogen (secondary N) is 2. The number of nitrogens with two attached hydrogens (primary N) is 1. The van der Waals surface area contributed by atoms with E-state index in [1.807, 2.05) is 24.2 Å². The van der Waals surface area contributed by atoms with Gasteiger partial charge in [-0.15, -0.1) is 0 Å². The van der Waals surface area contributed by atoms with Crippen LogP contribution >= 0.6 is 11.8 Å². The molecular formula is C13H21N5S. The minimum absolute atomic E-state index is 0.672. The van der Waals surface area contributed by atoms with Gasteiger partial charge in [0.15, 0.2) is 0 Å². The molecule has 0 amide bonds. The molecule has 0 fully saturated rings. The maximum Gasteiger partial charge on any atom is 0.106 e. The van der Waals surface area contributed by atoms with E-state index in [0.717, 1.165) is 30.1 Å². The van der Waals surface area contributed by atoms with Gasteiger partial charge in [0, 0.05) is 42.4 Å². The molecule has 19 heavy (non-hydrogen) atoms. The second-order valence-corrected chi connectivity index (χ2v) is 5.59. The molecule has 0 aromatic carbocycles. The summed E-state index contributed by atoms with van der Waals surface area (Å²) < 4.78 is 0. The van der Waals surface area contributed by atoms with E-state index < -0.39 is 0 Å². The zero-order chi connectivity index (χ0) is 13.3. The molecule has 0 aliphatic rings. The van der Waals surface area contributed by atoms with Crippen LogP contribution in [0.25, 0.3) is 0 Å². The number of unbranched alkanes of at least 4 members (excludes halogenated alkanes) is 1. The number of H-pyrrole nitrogens is 2. The molecule has 104 valence electrons. The Balaban J connectivity index is 1.53. The molecule has 0 unspecified atom stereocenters. The van der Waals surface area contributed by atoms with Gasteiger partial charge in [-0.3, -0.25) is 0 Å². The molecular weight excluding hydrogens is 258 g/mol. The first-order chi connectivity index (χ1) is 9.38. The summed E-state index contributed by atoms with van der Waals surface area (Å²) in [7, 11) is 0. The van der Waals surface area contributed by atoms with Crippen molar-refractivity contribution < 1.29 is 0 Å². The average Bonchev–Trinajstić information content (AvgIpc) is 3.06. The Morgan fingerprint density at radius 1 is 1.16 bits per heavy atom. The van der Waals surface area contributed by atoms with E-state index >= 15 is 0 Å². The number of aromatic nitrogens is 4. The molecule has 4 N–H and O–H groups in total.